The first-order chi connectivity index (χ1) is 8.24. The SMILES string of the molecule is CNCCOc1cccc2c1ccn2S(=O)O. The first kappa shape index (κ1) is 12.1. The number of hydrogen-bond donors (Lipinski definition) is 2. The van der Waals surface area contributed by atoms with Crippen molar-refractivity contribution in [1.29, 1.82) is 0 Å². The molecule has 1 atom stereocenters. The summed E-state index contributed by atoms with van der Waals surface area (Å²) in [6.45, 7) is 1.31. The summed E-state index contributed by atoms with van der Waals surface area (Å²) in [6.07, 6.45) is 1.58. The van der Waals surface area contributed by atoms with Gasteiger partial charge in [0.1, 0.15) is 12.4 Å². The van der Waals surface area contributed by atoms with E-state index in [0.29, 0.717) is 12.1 Å². The van der Waals surface area contributed by atoms with E-state index in [4.69, 9.17) is 9.29 Å². The van der Waals surface area contributed by atoms with Gasteiger partial charge >= 0.3 is 0 Å². The van der Waals surface area contributed by atoms with E-state index in [0.717, 1.165) is 17.7 Å². The third-order valence-corrected chi connectivity index (χ3v) is 3.09. The van der Waals surface area contributed by atoms with Gasteiger partial charge in [-0.3, -0.25) is 4.55 Å². The molecule has 1 heterocycles. The number of hydrogen-bond acceptors (Lipinski definition) is 3. The molecule has 6 heteroatoms. The summed E-state index contributed by atoms with van der Waals surface area (Å²) in [6, 6.07) is 7.22. The Hall–Kier alpha value is -1.37. The van der Waals surface area contributed by atoms with Gasteiger partial charge in [-0.2, -0.15) is 0 Å². The molecule has 0 saturated heterocycles. The first-order valence-corrected chi connectivity index (χ1v) is 6.29. The van der Waals surface area contributed by atoms with Crippen molar-refractivity contribution in [3.05, 3.63) is 30.5 Å². The third-order valence-electron chi connectivity index (χ3n) is 2.44. The van der Waals surface area contributed by atoms with Gasteiger partial charge in [0.2, 0.25) is 0 Å². The highest BCUT2D eigenvalue weighted by Crippen LogP contribution is 2.26. The average molecular weight is 254 g/mol. The lowest BCUT2D eigenvalue weighted by molar-refractivity contribution is 0.322. The number of nitrogens with one attached hydrogen (secondary N) is 1. The molecule has 5 nitrogen and oxygen atoms in total. The van der Waals surface area contributed by atoms with Crippen molar-refractivity contribution in [1.82, 2.24) is 9.29 Å². The number of benzene rings is 1. The molecule has 0 amide bonds. The molecule has 1 aromatic heterocycles. The van der Waals surface area contributed by atoms with E-state index in [1.807, 2.05) is 13.1 Å². The van der Waals surface area contributed by atoms with Gasteiger partial charge in [-0.05, 0) is 25.2 Å². The van der Waals surface area contributed by atoms with Crippen LogP contribution in [0.5, 0.6) is 5.75 Å². The second-order valence-electron chi connectivity index (χ2n) is 3.51. The Morgan fingerprint density at radius 3 is 3.00 bits per heavy atom. The fraction of sp³-hybridized carbons (Fsp3) is 0.273. The molecule has 2 N–H and O–H groups in total. The zero-order chi connectivity index (χ0) is 12.3. The monoisotopic (exact) mass is 254 g/mol. The molecular weight excluding hydrogens is 240 g/mol. The van der Waals surface area contributed by atoms with Gasteiger partial charge in [0, 0.05) is 18.1 Å². The van der Waals surface area contributed by atoms with Crippen molar-refractivity contribution in [3.63, 3.8) is 0 Å². The van der Waals surface area contributed by atoms with E-state index in [-0.39, 0.29) is 0 Å². The molecule has 0 saturated carbocycles. The molecule has 92 valence electrons. The summed E-state index contributed by atoms with van der Waals surface area (Å²) in [4.78, 5) is 0. The molecule has 1 unspecified atom stereocenters. The summed E-state index contributed by atoms with van der Waals surface area (Å²) in [5.74, 6) is 0.724. The van der Waals surface area contributed by atoms with Crippen LogP contribution in [0.25, 0.3) is 10.9 Å². The zero-order valence-electron chi connectivity index (χ0n) is 9.42. The molecule has 0 spiro atoms. The van der Waals surface area contributed by atoms with Crippen molar-refractivity contribution in [3.8, 4) is 5.75 Å². The second-order valence-corrected chi connectivity index (χ2v) is 4.37. The predicted molar refractivity (Wildman–Crippen MR) is 67.5 cm³/mol. The number of fused-ring (bicyclic) bond motifs is 1. The summed E-state index contributed by atoms with van der Waals surface area (Å²) in [5, 5.41) is 3.83. The molecule has 0 aliphatic heterocycles. The highest BCUT2D eigenvalue weighted by Gasteiger charge is 2.08. The van der Waals surface area contributed by atoms with Gasteiger partial charge in [-0.15, -0.1) is 0 Å². The smallest absolute Gasteiger partial charge is 0.266 e. The number of nitrogens with zero attached hydrogens (tertiary/aromatic N) is 1. The fourth-order valence-corrected chi connectivity index (χ4v) is 2.13. The molecule has 2 rings (SSSR count). The number of likely N-dealkylation sites (N-methyl/N-ethyl adjacent to an activating group) is 1. The van der Waals surface area contributed by atoms with Gasteiger partial charge < -0.3 is 10.1 Å². The standard InChI is InChI=1S/C11H14N2O3S/c1-12-6-8-16-11-4-2-3-10-9(11)5-7-13(10)17(14)15/h2-5,7,12H,6,8H2,1H3,(H,14,15). The van der Waals surface area contributed by atoms with E-state index in [2.05, 4.69) is 5.32 Å². The van der Waals surface area contributed by atoms with E-state index in [1.165, 1.54) is 3.97 Å². The highest BCUT2D eigenvalue weighted by molar-refractivity contribution is 7.77. The van der Waals surface area contributed by atoms with Crippen LogP contribution in [-0.4, -0.2) is 32.9 Å². The number of ether oxygens (including phenoxy) is 1. The Morgan fingerprint density at radius 1 is 1.47 bits per heavy atom. The van der Waals surface area contributed by atoms with Crippen molar-refractivity contribution < 1.29 is 13.5 Å². The Balaban J connectivity index is 2.34. The normalized spacial score (nSPS) is 12.8. The summed E-state index contributed by atoms with van der Waals surface area (Å²) < 4.78 is 27.1. The van der Waals surface area contributed by atoms with Gasteiger partial charge in [0.05, 0.1) is 5.52 Å². The minimum Gasteiger partial charge on any atom is -0.492 e. The van der Waals surface area contributed by atoms with E-state index in [1.54, 1.807) is 24.4 Å². The second kappa shape index (κ2) is 5.31. The van der Waals surface area contributed by atoms with Crippen molar-refractivity contribution in [2.45, 2.75) is 0 Å². The lowest BCUT2D eigenvalue weighted by Crippen LogP contribution is -2.15. The van der Waals surface area contributed by atoms with Gasteiger partial charge in [-0.25, -0.2) is 8.18 Å². The molecule has 0 aliphatic rings. The van der Waals surface area contributed by atoms with Crippen LogP contribution in [-0.2, 0) is 11.3 Å². The van der Waals surface area contributed by atoms with Crippen LogP contribution in [0.1, 0.15) is 0 Å². The molecular formula is C11H14N2O3S. The summed E-state index contributed by atoms with van der Waals surface area (Å²) >= 11 is -2.04. The molecule has 2 aromatic rings. The Kier molecular flexibility index (Phi) is 3.78. The van der Waals surface area contributed by atoms with Gasteiger partial charge in [0.25, 0.3) is 11.3 Å². The minimum absolute atomic E-state index is 0.559. The van der Waals surface area contributed by atoms with Crippen LogP contribution in [0, 0.1) is 0 Å². The van der Waals surface area contributed by atoms with Gasteiger partial charge in [-0.1, -0.05) is 6.07 Å². The minimum atomic E-state index is -2.04. The maximum atomic E-state index is 11.1. The van der Waals surface area contributed by atoms with Crippen LogP contribution in [0.4, 0.5) is 0 Å². The van der Waals surface area contributed by atoms with E-state index >= 15 is 0 Å². The van der Waals surface area contributed by atoms with Crippen LogP contribution >= 0.6 is 0 Å². The first-order valence-electron chi connectivity index (χ1n) is 5.23. The topological polar surface area (TPSA) is 63.5 Å². The quantitative estimate of drug-likeness (QED) is 0.622. The number of rotatable bonds is 5. The average Bonchev–Trinajstić information content (AvgIpc) is 2.74. The molecule has 17 heavy (non-hydrogen) atoms. The molecule has 0 radical (unpaired) electrons. The zero-order valence-corrected chi connectivity index (χ0v) is 10.2. The summed E-state index contributed by atoms with van der Waals surface area (Å²) in [7, 11) is 1.86. The molecule has 0 aliphatic carbocycles. The summed E-state index contributed by atoms with van der Waals surface area (Å²) in [5.41, 5.74) is 0.688. The van der Waals surface area contributed by atoms with Crippen molar-refractivity contribution in [2.75, 3.05) is 20.2 Å². The van der Waals surface area contributed by atoms with Crippen molar-refractivity contribution >= 4 is 22.2 Å². The Labute approximate surface area is 102 Å². The molecule has 1 aromatic carbocycles. The third kappa shape index (κ3) is 2.49. The predicted octanol–water partition coefficient (Wildman–Crippen LogP) is 1.22. The van der Waals surface area contributed by atoms with Crippen LogP contribution in [0.3, 0.4) is 0 Å². The Bertz CT molecular complexity index is 538. The van der Waals surface area contributed by atoms with E-state index in [9.17, 15) is 4.21 Å². The molecule has 0 fully saturated rings. The Morgan fingerprint density at radius 2 is 2.29 bits per heavy atom. The lowest BCUT2D eigenvalue weighted by atomic mass is 10.2. The fourth-order valence-electron chi connectivity index (χ4n) is 1.64. The largest absolute Gasteiger partial charge is 0.492 e. The van der Waals surface area contributed by atoms with E-state index < -0.39 is 11.3 Å². The van der Waals surface area contributed by atoms with Crippen LogP contribution < -0.4 is 10.1 Å². The highest BCUT2D eigenvalue weighted by atomic mass is 32.2. The maximum absolute atomic E-state index is 11.1. The molecule has 0 bridgehead atoms. The van der Waals surface area contributed by atoms with Crippen LogP contribution in [0.2, 0.25) is 0 Å². The van der Waals surface area contributed by atoms with Crippen molar-refractivity contribution in [2.24, 2.45) is 0 Å². The lowest BCUT2D eigenvalue weighted by Gasteiger charge is -2.07. The maximum Gasteiger partial charge on any atom is 0.266 e. The van der Waals surface area contributed by atoms with Gasteiger partial charge in [0.15, 0.2) is 0 Å². The number of aromatic nitrogens is 1. The van der Waals surface area contributed by atoms with Crippen LogP contribution in [0.15, 0.2) is 30.5 Å².